The molecule has 0 aliphatic carbocycles. The zero-order chi connectivity index (χ0) is 12.8. The van der Waals surface area contributed by atoms with Crippen molar-refractivity contribution in [1.82, 2.24) is 9.97 Å². The zero-order valence-electron chi connectivity index (χ0n) is 9.96. The summed E-state index contributed by atoms with van der Waals surface area (Å²) in [4.78, 5) is 9.38. The Balaban J connectivity index is 2.11. The largest absolute Gasteiger partial charge is 0.606 e. The summed E-state index contributed by atoms with van der Waals surface area (Å²) in [5.41, 5.74) is 2.67. The second-order valence-electron chi connectivity index (χ2n) is 4.40. The molecule has 0 spiro atoms. The van der Waals surface area contributed by atoms with Crippen molar-refractivity contribution in [2.24, 2.45) is 0 Å². The highest BCUT2D eigenvalue weighted by Crippen LogP contribution is 2.37. The molecule has 19 heavy (non-hydrogen) atoms. The summed E-state index contributed by atoms with van der Waals surface area (Å²) in [6, 6.07) is 15.4. The number of hydrogen-bond donors (Lipinski definition) is 1. The summed E-state index contributed by atoms with van der Waals surface area (Å²) in [6.07, 6.45) is 1.87. The highest BCUT2D eigenvalue weighted by molar-refractivity contribution is 7.91. The number of aromatic amines is 1. The zero-order valence-corrected chi connectivity index (χ0v) is 10.8. The van der Waals surface area contributed by atoms with E-state index in [4.69, 9.17) is 0 Å². The third-order valence-corrected chi connectivity index (χ3v) is 4.79. The van der Waals surface area contributed by atoms with Gasteiger partial charge in [0, 0.05) is 17.4 Å². The van der Waals surface area contributed by atoms with Gasteiger partial charge in [-0.2, -0.15) is 0 Å². The molecule has 1 atom stereocenters. The second-order valence-corrected chi connectivity index (χ2v) is 5.81. The first-order valence-corrected chi connectivity index (χ1v) is 7.15. The van der Waals surface area contributed by atoms with Crippen LogP contribution in [0.15, 0.2) is 64.5 Å². The minimum absolute atomic E-state index is 0.772. The smallest absolute Gasteiger partial charge is 0.169 e. The van der Waals surface area contributed by atoms with Crippen LogP contribution in [0.5, 0.6) is 0 Å². The molecule has 1 aliphatic rings. The van der Waals surface area contributed by atoms with Crippen LogP contribution in [-0.2, 0) is 11.2 Å². The van der Waals surface area contributed by atoms with Gasteiger partial charge in [0.1, 0.15) is 5.82 Å². The number of hydrogen-bond acceptors (Lipinski definition) is 2. The molecule has 1 unspecified atom stereocenters. The number of imidazole rings is 1. The first-order chi connectivity index (χ1) is 9.34. The van der Waals surface area contributed by atoms with Crippen LogP contribution >= 0.6 is 0 Å². The molecule has 2 heterocycles. The van der Waals surface area contributed by atoms with Gasteiger partial charge in [0.25, 0.3) is 0 Å². The van der Waals surface area contributed by atoms with Gasteiger partial charge in [-0.3, -0.25) is 0 Å². The summed E-state index contributed by atoms with van der Waals surface area (Å²) in [7, 11) is 0. The lowest BCUT2D eigenvalue weighted by Gasteiger charge is -2.16. The maximum Gasteiger partial charge on any atom is 0.169 e. The first-order valence-electron chi connectivity index (χ1n) is 6.00. The highest BCUT2D eigenvalue weighted by atomic mass is 32.2. The Morgan fingerprint density at radius 2 is 1.53 bits per heavy atom. The van der Waals surface area contributed by atoms with E-state index in [9.17, 15) is 4.55 Å². The van der Waals surface area contributed by atoms with Crippen molar-refractivity contribution < 1.29 is 4.55 Å². The number of fused-ring (bicyclic) bond motifs is 6. The van der Waals surface area contributed by atoms with Gasteiger partial charge in [-0.15, -0.1) is 0 Å². The molecule has 4 rings (SSSR count). The van der Waals surface area contributed by atoms with Crippen molar-refractivity contribution in [3.63, 3.8) is 0 Å². The van der Waals surface area contributed by atoms with Crippen LogP contribution in [0.2, 0.25) is 0 Å². The number of H-pyrrole nitrogens is 1. The van der Waals surface area contributed by atoms with Crippen molar-refractivity contribution in [3.8, 4) is 22.6 Å². The minimum atomic E-state index is -1.18. The summed E-state index contributed by atoms with van der Waals surface area (Å²) in [6.45, 7) is 0. The summed E-state index contributed by atoms with van der Waals surface area (Å²) in [5.74, 6) is 0.772. The molecule has 92 valence electrons. The molecule has 0 amide bonds. The van der Waals surface area contributed by atoms with Crippen LogP contribution in [0, 0.1) is 0 Å². The van der Waals surface area contributed by atoms with E-state index in [0.717, 1.165) is 32.4 Å². The fourth-order valence-electron chi connectivity index (χ4n) is 2.38. The number of aromatic nitrogens is 2. The summed E-state index contributed by atoms with van der Waals surface area (Å²) < 4.78 is 12.8. The number of benzene rings is 2. The van der Waals surface area contributed by atoms with Gasteiger partial charge in [-0.25, -0.2) is 4.98 Å². The predicted octanol–water partition coefficient (Wildman–Crippen LogP) is 3.22. The maximum absolute atomic E-state index is 12.8. The fraction of sp³-hybridized carbons (Fsp3) is 0. The molecule has 2 aromatic carbocycles. The lowest BCUT2D eigenvalue weighted by Crippen LogP contribution is -2.07. The lowest BCUT2D eigenvalue weighted by atomic mass is 10.1. The topological polar surface area (TPSA) is 51.7 Å². The molecular weight excluding hydrogens is 256 g/mol. The van der Waals surface area contributed by atoms with Gasteiger partial charge >= 0.3 is 0 Å². The van der Waals surface area contributed by atoms with Crippen LogP contribution in [-0.4, -0.2) is 14.5 Å². The SMILES string of the molecule is [O-][S+]1c2ccccc2-c2c[nH]c(n2)-c2ccccc21. The van der Waals surface area contributed by atoms with E-state index in [1.165, 1.54) is 0 Å². The van der Waals surface area contributed by atoms with Crippen LogP contribution < -0.4 is 0 Å². The maximum atomic E-state index is 12.8. The molecule has 0 fully saturated rings. The van der Waals surface area contributed by atoms with Gasteiger partial charge < -0.3 is 9.54 Å². The average Bonchev–Trinajstić information content (AvgIpc) is 2.96. The normalized spacial score (nSPS) is 16.2. The Morgan fingerprint density at radius 3 is 2.32 bits per heavy atom. The molecule has 2 bridgehead atoms. The molecule has 3 aromatic rings. The summed E-state index contributed by atoms with van der Waals surface area (Å²) >= 11 is -1.18. The van der Waals surface area contributed by atoms with E-state index < -0.39 is 11.2 Å². The van der Waals surface area contributed by atoms with Crippen molar-refractivity contribution in [2.75, 3.05) is 0 Å². The molecule has 3 nitrogen and oxygen atoms in total. The first kappa shape index (κ1) is 10.8. The Morgan fingerprint density at radius 1 is 0.895 bits per heavy atom. The van der Waals surface area contributed by atoms with E-state index in [2.05, 4.69) is 9.97 Å². The van der Waals surface area contributed by atoms with E-state index in [0.29, 0.717) is 0 Å². The quantitative estimate of drug-likeness (QED) is 0.635. The molecule has 4 heteroatoms. The molecule has 0 saturated heterocycles. The van der Waals surface area contributed by atoms with Crippen molar-refractivity contribution in [1.29, 1.82) is 0 Å². The van der Waals surface area contributed by atoms with Gasteiger partial charge in [0.2, 0.25) is 0 Å². The van der Waals surface area contributed by atoms with Crippen LogP contribution in [0.3, 0.4) is 0 Å². The lowest BCUT2D eigenvalue weighted by molar-refractivity contribution is 0.595. The predicted molar refractivity (Wildman–Crippen MR) is 74.1 cm³/mol. The van der Waals surface area contributed by atoms with E-state index in [-0.39, 0.29) is 0 Å². The Hall–Kier alpha value is -2.04. The molecular formula is C15H10N2OS. The van der Waals surface area contributed by atoms with Gasteiger partial charge in [-0.1, -0.05) is 24.3 Å². The minimum Gasteiger partial charge on any atom is -0.606 e. The molecule has 1 aliphatic heterocycles. The molecule has 0 radical (unpaired) electrons. The fourth-order valence-corrected chi connectivity index (χ4v) is 3.76. The molecule has 1 N–H and O–H groups in total. The highest BCUT2D eigenvalue weighted by Gasteiger charge is 2.27. The van der Waals surface area contributed by atoms with Crippen molar-refractivity contribution >= 4 is 11.2 Å². The van der Waals surface area contributed by atoms with E-state index in [1.54, 1.807) is 0 Å². The van der Waals surface area contributed by atoms with Gasteiger partial charge in [0.15, 0.2) is 9.79 Å². The standard InChI is InChI=1S/C15H10N2OS/c18-19-13-7-3-1-5-10(13)12-9-16-15(17-12)11-6-2-4-8-14(11)19/h1-9H,(H,16,17). The van der Waals surface area contributed by atoms with Crippen LogP contribution in [0.1, 0.15) is 0 Å². The monoisotopic (exact) mass is 266 g/mol. The molecule has 0 saturated carbocycles. The second kappa shape index (κ2) is 3.98. The number of nitrogens with one attached hydrogen (secondary N) is 1. The van der Waals surface area contributed by atoms with Crippen molar-refractivity contribution in [3.05, 3.63) is 54.7 Å². The van der Waals surface area contributed by atoms with Gasteiger partial charge in [0.05, 0.1) is 16.8 Å². The van der Waals surface area contributed by atoms with Crippen LogP contribution in [0.25, 0.3) is 22.6 Å². The Kier molecular flexibility index (Phi) is 2.27. The van der Waals surface area contributed by atoms with E-state index in [1.807, 2.05) is 54.7 Å². The van der Waals surface area contributed by atoms with Crippen molar-refractivity contribution in [2.45, 2.75) is 9.79 Å². The number of nitrogens with zero attached hydrogens (tertiary/aromatic N) is 1. The Labute approximate surface area is 113 Å². The number of rotatable bonds is 0. The van der Waals surface area contributed by atoms with Crippen LogP contribution in [0.4, 0.5) is 0 Å². The molecule has 1 aromatic heterocycles. The van der Waals surface area contributed by atoms with Gasteiger partial charge in [-0.05, 0) is 24.3 Å². The van der Waals surface area contributed by atoms with E-state index >= 15 is 0 Å². The summed E-state index contributed by atoms with van der Waals surface area (Å²) in [5, 5.41) is 0. The Bertz CT molecular complexity index is 704. The third kappa shape index (κ3) is 1.54. The third-order valence-electron chi connectivity index (χ3n) is 3.28. The average molecular weight is 266 g/mol.